The van der Waals surface area contributed by atoms with Crippen molar-refractivity contribution in [1.29, 1.82) is 0 Å². The van der Waals surface area contributed by atoms with Gasteiger partial charge in [0, 0.05) is 28.2 Å². The number of aryl methyl sites for hydroxylation is 1. The Morgan fingerprint density at radius 1 is 1.00 bits per heavy atom. The van der Waals surface area contributed by atoms with Gasteiger partial charge in [0.15, 0.2) is 0 Å². The molecule has 1 atom stereocenters. The molecule has 0 spiro atoms. The molecule has 3 rings (SSSR count). The molecule has 2 aromatic carbocycles. The first-order valence-corrected chi connectivity index (χ1v) is 7.19. The van der Waals surface area contributed by atoms with Gasteiger partial charge < -0.3 is 20.2 Å². The highest BCUT2D eigenvalue weighted by Gasteiger charge is 2.18. The third-order valence-electron chi connectivity index (χ3n) is 3.99. The average molecular weight is 296 g/mol. The molecular weight excluding hydrogens is 276 g/mol. The van der Waals surface area contributed by atoms with Crippen LogP contribution in [-0.2, 0) is 0 Å². The van der Waals surface area contributed by atoms with Crippen LogP contribution in [0.15, 0.2) is 42.5 Å². The summed E-state index contributed by atoms with van der Waals surface area (Å²) in [7, 11) is 3.28. The summed E-state index contributed by atoms with van der Waals surface area (Å²) in [5.41, 5.74) is 10.8. The van der Waals surface area contributed by atoms with Crippen LogP contribution in [0.25, 0.3) is 10.9 Å². The summed E-state index contributed by atoms with van der Waals surface area (Å²) in [6.07, 6.45) is 0. The molecular formula is C18H20N2O2. The fourth-order valence-electron chi connectivity index (χ4n) is 2.87. The number of hydrogen-bond donors (Lipinski definition) is 2. The number of ether oxygens (including phenoxy) is 2. The second-order valence-electron chi connectivity index (χ2n) is 5.33. The highest BCUT2D eigenvalue weighted by molar-refractivity contribution is 5.85. The maximum atomic E-state index is 6.54. The van der Waals surface area contributed by atoms with Gasteiger partial charge in [0.05, 0.1) is 20.3 Å². The minimum absolute atomic E-state index is 0.250. The SMILES string of the molecule is COc1cc(OC)cc(C(N)c2c(C)[nH]c3ccccc23)c1. The Kier molecular flexibility index (Phi) is 3.77. The fourth-order valence-corrected chi connectivity index (χ4v) is 2.87. The standard InChI is InChI=1S/C18H20N2O2/c1-11-17(15-6-4-5-7-16(15)20-11)18(19)12-8-13(21-2)10-14(9-12)22-3/h4-10,18,20H,19H2,1-3H3. The topological polar surface area (TPSA) is 60.3 Å². The number of hydrogen-bond acceptors (Lipinski definition) is 3. The third kappa shape index (κ3) is 2.42. The number of nitrogens with two attached hydrogens (primary N) is 1. The van der Waals surface area contributed by atoms with Crippen molar-refractivity contribution in [3.05, 3.63) is 59.3 Å². The molecule has 22 heavy (non-hydrogen) atoms. The van der Waals surface area contributed by atoms with Crippen molar-refractivity contribution in [3.63, 3.8) is 0 Å². The van der Waals surface area contributed by atoms with E-state index in [1.165, 1.54) is 0 Å². The number of benzene rings is 2. The van der Waals surface area contributed by atoms with Crippen LogP contribution in [0.5, 0.6) is 11.5 Å². The van der Waals surface area contributed by atoms with Crippen molar-refractivity contribution in [2.24, 2.45) is 5.73 Å². The van der Waals surface area contributed by atoms with Gasteiger partial charge in [-0.05, 0) is 30.7 Å². The Hall–Kier alpha value is -2.46. The van der Waals surface area contributed by atoms with E-state index in [2.05, 4.69) is 17.1 Å². The van der Waals surface area contributed by atoms with E-state index < -0.39 is 0 Å². The van der Waals surface area contributed by atoms with Crippen molar-refractivity contribution >= 4 is 10.9 Å². The van der Waals surface area contributed by atoms with E-state index in [1.807, 2.05) is 37.3 Å². The second kappa shape index (κ2) is 5.73. The lowest BCUT2D eigenvalue weighted by Crippen LogP contribution is -2.13. The Morgan fingerprint density at radius 3 is 2.27 bits per heavy atom. The van der Waals surface area contributed by atoms with E-state index in [1.54, 1.807) is 14.2 Å². The molecule has 0 aliphatic carbocycles. The maximum Gasteiger partial charge on any atom is 0.122 e. The molecule has 114 valence electrons. The van der Waals surface area contributed by atoms with Gasteiger partial charge in [-0.3, -0.25) is 0 Å². The molecule has 0 aliphatic rings. The Balaban J connectivity index is 2.13. The monoisotopic (exact) mass is 296 g/mol. The molecule has 0 saturated carbocycles. The van der Waals surface area contributed by atoms with Gasteiger partial charge in [-0.1, -0.05) is 18.2 Å². The summed E-state index contributed by atoms with van der Waals surface area (Å²) in [4.78, 5) is 3.39. The number of nitrogens with one attached hydrogen (secondary N) is 1. The number of rotatable bonds is 4. The predicted octanol–water partition coefficient (Wildman–Crippen LogP) is 3.54. The Labute approximate surface area is 129 Å². The summed E-state index contributed by atoms with van der Waals surface area (Å²) in [6, 6.07) is 13.7. The highest BCUT2D eigenvalue weighted by atomic mass is 16.5. The van der Waals surface area contributed by atoms with Crippen LogP contribution in [0.4, 0.5) is 0 Å². The van der Waals surface area contributed by atoms with Crippen LogP contribution in [0.3, 0.4) is 0 Å². The molecule has 1 unspecified atom stereocenters. The Morgan fingerprint density at radius 2 is 1.64 bits per heavy atom. The van der Waals surface area contributed by atoms with Crippen molar-refractivity contribution in [1.82, 2.24) is 4.98 Å². The molecule has 0 aliphatic heterocycles. The number of aromatic amines is 1. The lowest BCUT2D eigenvalue weighted by molar-refractivity contribution is 0.393. The number of methoxy groups -OCH3 is 2. The van der Waals surface area contributed by atoms with Crippen LogP contribution < -0.4 is 15.2 Å². The van der Waals surface area contributed by atoms with E-state index in [9.17, 15) is 0 Å². The lowest BCUT2D eigenvalue weighted by Gasteiger charge is -2.15. The molecule has 3 aromatic rings. The number of H-pyrrole nitrogens is 1. The number of aromatic nitrogens is 1. The smallest absolute Gasteiger partial charge is 0.122 e. The molecule has 0 saturated heterocycles. The van der Waals surface area contributed by atoms with Gasteiger partial charge in [0.2, 0.25) is 0 Å². The number of para-hydroxylation sites is 1. The highest BCUT2D eigenvalue weighted by Crippen LogP contribution is 2.33. The molecule has 0 radical (unpaired) electrons. The molecule has 0 amide bonds. The van der Waals surface area contributed by atoms with E-state index in [4.69, 9.17) is 15.2 Å². The first-order valence-electron chi connectivity index (χ1n) is 7.19. The molecule has 1 heterocycles. The van der Waals surface area contributed by atoms with Crippen molar-refractivity contribution in [2.75, 3.05) is 14.2 Å². The van der Waals surface area contributed by atoms with Crippen LogP contribution >= 0.6 is 0 Å². The summed E-state index contributed by atoms with van der Waals surface area (Å²) >= 11 is 0. The first kappa shape index (κ1) is 14.5. The zero-order valence-corrected chi connectivity index (χ0v) is 13.0. The normalized spacial score (nSPS) is 12.4. The van der Waals surface area contributed by atoms with E-state index in [0.29, 0.717) is 0 Å². The van der Waals surface area contributed by atoms with Crippen LogP contribution in [-0.4, -0.2) is 19.2 Å². The average Bonchev–Trinajstić information content (AvgIpc) is 2.89. The van der Waals surface area contributed by atoms with E-state index in [-0.39, 0.29) is 6.04 Å². The quantitative estimate of drug-likeness (QED) is 0.774. The fraction of sp³-hybridized carbons (Fsp3) is 0.222. The lowest BCUT2D eigenvalue weighted by atomic mass is 9.96. The van der Waals surface area contributed by atoms with Crippen molar-refractivity contribution in [3.8, 4) is 11.5 Å². The van der Waals surface area contributed by atoms with Gasteiger partial charge in [0.25, 0.3) is 0 Å². The molecule has 4 heteroatoms. The van der Waals surface area contributed by atoms with Gasteiger partial charge in [-0.15, -0.1) is 0 Å². The van der Waals surface area contributed by atoms with Gasteiger partial charge in [0.1, 0.15) is 11.5 Å². The minimum Gasteiger partial charge on any atom is -0.497 e. The van der Waals surface area contributed by atoms with Gasteiger partial charge in [-0.2, -0.15) is 0 Å². The van der Waals surface area contributed by atoms with E-state index in [0.717, 1.165) is 39.2 Å². The van der Waals surface area contributed by atoms with Crippen LogP contribution in [0.1, 0.15) is 22.9 Å². The maximum absolute atomic E-state index is 6.54. The molecule has 3 N–H and O–H groups in total. The van der Waals surface area contributed by atoms with E-state index >= 15 is 0 Å². The minimum atomic E-state index is -0.250. The summed E-state index contributed by atoms with van der Waals surface area (Å²) in [5, 5.41) is 1.15. The molecule has 0 bridgehead atoms. The van der Waals surface area contributed by atoms with Crippen molar-refractivity contribution < 1.29 is 9.47 Å². The number of fused-ring (bicyclic) bond motifs is 1. The van der Waals surface area contributed by atoms with Crippen LogP contribution in [0.2, 0.25) is 0 Å². The molecule has 1 aromatic heterocycles. The zero-order chi connectivity index (χ0) is 15.7. The summed E-state index contributed by atoms with van der Waals surface area (Å²) in [5.74, 6) is 1.48. The van der Waals surface area contributed by atoms with Gasteiger partial charge in [-0.25, -0.2) is 0 Å². The molecule has 0 fully saturated rings. The molecule has 4 nitrogen and oxygen atoms in total. The zero-order valence-electron chi connectivity index (χ0n) is 13.0. The second-order valence-corrected chi connectivity index (χ2v) is 5.33. The predicted molar refractivity (Wildman–Crippen MR) is 88.6 cm³/mol. The summed E-state index contributed by atoms with van der Waals surface area (Å²) < 4.78 is 10.7. The largest absolute Gasteiger partial charge is 0.497 e. The summed E-state index contributed by atoms with van der Waals surface area (Å²) in [6.45, 7) is 2.05. The first-order chi connectivity index (χ1) is 10.6. The Bertz CT molecular complexity index is 786. The van der Waals surface area contributed by atoms with Crippen LogP contribution in [0, 0.1) is 6.92 Å². The third-order valence-corrected chi connectivity index (χ3v) is 3.99. The van der Waals surface area contributed by atoms with Gasteiger partial charge >= 0.3 is 0 Å². The van der Waals surface area contributed by atoms with Crippen molar-refractivity contribution in [2.45, 2.75) is 13.0 Å².